The van der Waals surface area contributed by atoms with Crippen LogP contribution in [0.15, 0.2) is 93.5 Å². The zero-order valence-electron chi connectivity index (χ0n) is 20.9. The van der Waals surface area contributed by atoms with E-state index >= 15 is 0 Å². The highest BCUT2D eigenvalue weighted by Crippen LogP contribution is 2.68. The molecule has 0 bridgehead atoms. The van der Waals surface area contributed by atoms with E-state index in [4.69, 9.17) is 8.85 Å². The van der Waals surface area contributed by atoms with Gasteiger partial charge in [-0.15, -0.1) is 0 Å². The van der Waals surface area contributed by atoms with Gasteiger partial charge in [-0.1, -0.05) is 30.3 Å². The second-order valence-corrected chi connectivity index (χ2v) is 23.6. The van der Waals surface area contributed by atoms with Crippen molar-refractivity contribution in [2.75, 3.05) is 6.26 Å². The van der Waals surface area contributed by atoms with Gasteiger partial charge in [-0.3, -0.25) is 3.63 Å². The Bertz CT molecular complexity index is 1170. The predicted molar refractivity (Wildman–Crippen MR) is 147 cm³/mol. The van der Waals surface area contributed by atoms with Crippen molar-refractivity contribution >= 4 is 37.1 Å². The molecule has 0 heterocycles. The van der Waals surface area contributed by atoms with Gasteiger partial charge < -0.3 is 8.85 Å². The van der Waals surface area contributed by atoms with Crippen LogP contribution in [0.1, 0.15) is 0 Å². The SMILES string of the molecule is C[Si](C)(C)Oc1cccc(S([OH+]S(C)(=O)=O)(c2ccccc2)c2cccc(O[Si](C)(C)C)c2)c1. The lowest BCUT2D eigenvalue weighted by atomic mass is 10.3. The standard InChI is InChI=1S/C25H34O5S2Si2/c1-31(26,27)30-32(23-15-9-8-10-16-23,24-17-11-13-21(19-24)28-33(2,3)4)25-18-12-14-22(20-25)29-34(5,6)7/h8-20H,1-7H3/p+1. The first-order valence-electron chi connectivity index (χ1n) is 11.1. The molecule has 0 radical (unpaired) electrons. The van der Waals surface area contributed by atoms with Crippen LogP contribution in [0.25, 0.3) is 0 Å². The molecule has 0 saturated carbocycles. The van der Waals surface area contributed by atoms with Gasteiger partial charge in [-0.25, -0.2) is 0 Å². The van der Waals surface area contributed by atoms with E-state index in [1.165, 1.54) is 0 Å². The van der Waals surface area contributed by atoms with Gasteiger partial charge in [0.15, 0.2) is 0 Å². The molecule has 0 spiro atoms. The molecule has 9 heteroatoms. The third-order valence-corrected chi connectivity index (χ3v) is 11.0. The van der Waals surface area contributed by atoms with E-state index in [1.807, 2.05) is 78.9 Å². The maximum Gasteiger partial charge on any atom is 0.387 e. The van der Waals surface area contributed by atoms with E-state index in [2.05, 4.69) is 42.9 Å². The monoisotopic (exact) mass is 535 g/mol. The van der Waals surface area contributed by atoms with E-state index in [-0.39, 0.29) is 0 Å². The zero-order valence-corrected chi connectivity index (χ0v) is 24.5. The Labute approximate surface area is 208 Å². The summed E-state index contributed by atoms with van der Waals surface area (Å²) in [6, 6.07) is 25.1. The summed E-state index contributed by atoms with van der Waals surface area (Å²) in [7, 11) is -10.0. The molecule has 0 fully saturated rings. The molecular formula is C25H35O5S2Si2+. The molecule has 0 atom stereocenters. The normalized spacial score (nSPS) is 13.4. The Morgan fingerprint density at radius 2 is 1.03 bits per heavy atom. The van der Waals surface area contributed by atoms with E-state index in [0.717, 1.165) is 32.4 Å². The van der Waals surface area contributed by atoms with Crippen molar-refractivity contribution in [3.63, 3.8) is 0 Å². The number of hydrogen-bond donors (Lipinski definition) is 0. The van der Waals surface area contributed by atoms with Crippen LogP contribution in [0, 0.1) is 0 Å². The Kier molecular flexibility index (Phi) is 7.74. The Hall–Kier alpha value is -2.05. The number of rotatable bonds is 9. The van der Waals surface area contributed by atoms with Crippen molar-refractivity contribution in [2.24, 2.45) is 0 Å². The van der Waals surface area contributed by atoms with Crippen LogP contribution in [0.3, 0.4) is 0 Å². The van der Waals surface area contributed by atoms with Gasteiger partial charge in [0.2, 0.25) is 16.6 Å². The average Bonchev–Trinajstić information content (AvgIpc) is 2.70. The van der Waals surface area contributed by atoms with Crippen molar-refractivity contribution < 1.29 is 20.9 Å². The minimum Gasteiger partial charge on any atom is -0.544 e. The van der Waals surface area contributed by atoms with E-state index in [0.29, 0.717) is 0 Å². The molecule has 1 N–H and O–H groups in total. The fraction of sp³-hybridized carbons (Fsp3) is 0.280. The third kappa shape index (κ3) is 6.99. The van der Waals surface area contributed by atoms with E-state index < -0.39 is 37.1 Å². The lowest BCUT2D eigenvalue weighted by Gasteiger charge is -2.35. The second-order valence-electron chi connectivity index (χ2n) is 10.1. The van der Waals surface area contributed by atoms with Crippen LogP contribution in [0.5, 0.6) is 11.5 Å². The van der Waals surface area contributed by atoms with Gasteiger partial charge in [-0.05, 0) is 87.8 Å². The molecule has 184 valence electrons. The number of hydrogen-bond acceptors (Lipinski definition) is 4. The van der Waals surface area contributed by atoms with Crippen molar-refractivity contribution in [1.29, 1.82) is 0 Å². The lowest BCUT2D eigenvalue weighted by Crippen LogP contribution is -2.29. The first kappa shape index (κ1) is 26.6. The molecule has 3 rings (SSSR count). The fourth-order valence-corrected chi connectivity index (χ4v) is 10.3. The van der Waals surface area contributed by atoms with E-state index in [9.17, 15) is 8.42 Å². The average molecular weight is 536 g/mol. The molecule has 3 aromatic carbocycles. The van der Waals surface area contributed by atoms with Crippen LogP contribution < -0.4 is 8.85 Å². The summed E-state index contributed by atoms with van der Waals surface area (Å²) in [6.45, 7) is 12.7. The quantitative estimate of drug-likeness (QED) is 0.163. The third-order valence-electron chi connectivity index (χ3n) is 4.47. The topological polar surface area (TPSA) is 65.4 Å². The highest BCUT2D eigenvalue weighted by Gasteiger charge is 2.42. The maximum absolute atomic E-state index is 12.8. The first-order valence-corrected chi connectivity index (χ1v) is 21.3. The minimum atomic E-state index is -3.72. The molecule has 5 nitrogen and oxygen atoms in total. The van der Waals surface area contributed by atoms with Gasteiger partial charge in [0.1, 0.15) is 17.8 Å². The summed E-state index contributed by atoms with van der Waals surface area (Å²) in [5.74, 6) is 1.45. The maximum atomic E-state index is 12.8. The van der Waals surface area contributed by atoms with Crippen LogP contribution in [0.4, 0.5) is 0 Å². The molecule has 3 aromatic rings. The molecule has 0 aliphatic rings. The molecule has 0 amide bonds. The van der Waals surface area contributed by atoms with Gasteiger partial charge in [-0.2, -0.15) is 8.42 Å². The van der Waals surface area contributed by atoms with Crippen molar-refractivity contribution in [3.8, 4) is 11.5 Å². The summed E-state index contributed by atoms with van der Waals surface area (Å²) in [5, 5.41) is 0. The highest BCUT2D eigenvalue weighted by molar-refractivity contribution is 8.32. The van der Waals surface area contributed by atoms with Crippen LogP contribution >= 0.6 is 10.3 Å². The zero-order chi connectivity index (χ0) is 25.2. The summed E-state index contributed by atoms with van der Waals surface area (Å²) in [4.78, 5) is 2.42. The molecule has 0 aliphatic carbocycles. The molecule has 34 heavy (non-hydrogen) atoms. The van der Waals surface area contributed by atoms with Crippen molar-refractivity contribution in [2.45, 2.75) is 54.0 Å². The number of benzene rings is 3. The largest absolute Gasteiger partial charge is 0.544 e. The van der Waals surface area contributed by atoms with E-state index in [1.54, 1.807) is 0 Å². The van der Waals surface area contributed by atoms with Gasteiger partial charge in [0.25, 0.3) is 0 Å². The van der Waals surface area contributed by atoms with Crippen LogP contribution in [-0.2, 0) is 10.1 Å². The van der Waals surface area contributed by atoms with Gasteiger partial charge in [0, 0.05) is 0 Å². The van der Waals surface area contributed by atoms with Crippen LogP contribution in [-0.4, -0.2) is 34.9 Å². The van der Waals surface area contributed by atoms with Gasteiger partial charge in [0.05, 0.1) is 25.0 Å². The summed E-state index contributed by atoms with van der Waals surface area (Å²) >= 11 is 0. The van der Waals surface area contributed by atoms with Crippen molar-refractivity contribution in [3.05, 3.63) is 78.9 Å². The second kappa shape index (κ2) is 9.90. The summed E-state index contributed by atoms with van der Waals surface area (Å²) < 4.78 is 42.7. The minimum absolute atomic E-state index is 0.725. The van der Waals surface area contributed by atoms with Crippen LogP contribution in [0.2, 0.25) is 39.3 Å². The summed E-state index contributed by atoms with van der Waals surface area (Å²) in [6.07, 6.45) is 1.16. The van der Waals surface area contributed by atoms with Gasteiger partial charge >= 0.3 is 10.1 Å². The fourth-order valence-electron chi connectivity index (χ4n) is 3.51. The lowest BCUT2D eigenvalue weighted by molar-refractivity contribution is 0.392. The molecular weight excluding hydrogens is 501 g/mol. The molecule has 0 aromatic heterocycles. The van der Waals surface area contributed by atoms with Crippen molar-refractivity contribution in [1.82, 2.24) is 0 Å². The Morgan fingerprint density at radius 1 is 0.618 bits per heavy atom. The smallest absolute Gasteiger partial charge is 0.387 e. The Morgan fingerprint density at radius 3 is 1.41 bits per heavy atom. The molecule has 0 aliphatic heterocycles. The Balaban J connectivity index is 2.34. The molecule has 0 unspecified atom stereocenters. The first-order chi connectivity index (χ1) is 15.7. The molecule has 0 saturated heterocycles. The highest BCUT2D eigenvalue weighted by atomic mass is 32.3. The predicted octanol–water partition coefficient (Wildman–Crippen LogP) is 7.36. The summed E-state index contributed by atoms with van der Waals surface area (Å²) in [5.41, 5.74) is 0.